The molecule has 1 aromatic carbocycles. The number of carbonyl (C=O) groups is 1. The minimum Gasteiger partial charge on any atom is -0.459 e. The van der Waals surface area contributed by atoms with Crippen molar-refractivity contribution in [2.45, 2.75) is 27.2 Å². The second-order valence-electron chi connectivity index (χ2n) is 3.61. The maximum absolute atomic E-state index is 11.5. The van der Waals surface area contributed by atoms with Gasteiger partial charge in [-0.15, -0.1) is 0 Å². The standard InChI is InChI=1S/C13H14N2O2.C2H6/c1-2-10-5-7-11(8-6-10)14-15-13(16)12-4-3-9-17-12;1-2/h3-9,14H,2H2,1H3,(H,15,16);1-2H3. The minimum atomic E-state index is -0.297. The van der Waals surface area contributed by atoms with Crippen molar-refractivity contribution in [2.75, 3.05) is 5.43 Å². The molecule has 0 aliphatic rings. The zero-order valence-corrected chi connectivity index (χ0v) is 11.6. The van der Waals surface area contributed by atoms with Crippen molar-refractivity contribution in [1.82, 2.24) is 5.43 Å². The van der Waals surface area contributed by atoms with Crippen molar-refractivity contribution in [1.29, 1.82) is 0 Å². The molecule has 0 unspecified atom stereocenters. The van der Waals surface area contributed by atoms with Gasteiger partial charge in [-0.25, -0.2) is 0 Å². The Kier molecular flexibility index (Phi) is 6.22. The van der Waals surface area contributed by atoms with Gasteiger partial charge in [0.05, 0.1) is 12.0 Å². The summed E-state index contributed by atoms with van der Waals surface area (Å²) in [6.07, 6.45) is 2.46. The summed E-state index contributed by atoms with van der Waals surface area (Å²) in [5.41, 5.74) is 7.47. The van der Waals surface area contributed by atoms with Crippen LogP contribution in [0.25, 0.3) is 0 Å². The average Bonchev–Trinajstić information content (AvgIpc) is 3.02. The molecule has 4 heteroatoms. The van der Waals surface area contributed by atoms with Crippen LogP contribution in [0.3, 0.4) is 0 Å². The fourth-order valence-corrected chi connectivity index (χ4v) is 1.42. The van der Waals surface area contributed by atoms with Gasteiger partial charge in [-0.2, -0.15) is 0 Å². The lowest BCUT2D eigenvalue weighted by Crippen LogP contribution is -2.28. The topological polar surface area (TPSA) is 54.3 Å². The average molecular weight is 260 g/mol. The lowest BCUT2D eigenvalue weighted by Gasteiger charge is -2.07. The second kappa shape index (κ2) is 7.97. The Labute approximate surface area is 113 Å². The van der Waals surface area contributed by atoms with Crippen molar-refractivity contribution >= 4 is 11.6 Å². The molecule has 19 heavy (non-hydrogen) atoms. The SMILES string of the molecule is CC.CCc1ccc(NNC(=O)c2ccco2)cc1. The molecule has 0 spiro atoms. The van der Waals surface area contributed by atoms with E-state index in [0.29, 0.717) is 0 Å². The van der Waals surface area contributed by atoms with Crippen LogP contribution in [-0.4, -0.2) is 5.91 Å². The molecule has 4 nitrogen and oxygen atoms in total. The zero-order valence-electron chi connectivity index (χ0n) is 11.6. The van der Waals surface area contributed by atoms with Crippen LogP contribution in [0.15, 0.2) is 47.1 Å². The van der Waals surface area contributed by atoms with E-state index in [1.165, 1.54) is 11.8 Å². The molecular weight excluding hydrogens is 240 g/mol. The Hall–Kier alpha value is -2.23. The molecule has 0 aliphatic heterocycles. The Bertz CT molecular complexity index is 475. The number of rotatable bonds is 4. The highest BCUT2D eigenvalue weighted by Gasteiger charge is 2.06. The number of amides is 1. The third kappa shape index (κ3) is 4.50. The second-order valence-corrected chi connectivity index (χ2v) is 3.61. The van der Waals surface area contributed by atoms with Crippen molar-refractivity contribution in [3.63, 3.8) is 0 Å². The van der Waals surface area contributed by atoms with Crippen LogP contribution < -0.4 is 10.9 Å². The van der Waals surface area contributed by atoms with E-state index in [1.807, 2.05) is 38.1 Å². The van der Waals surface area contributed by atoms with E-state index in [9.17, 15) is 4.79 Å². The lowest BCUT2D eigenvalue weighted by molar-refractivity contribution is 0.0935. The van der Waals surface area contributed by atoms with E-state index in [2.05, 4.69) is 17.8 Å². The number of carbonyl (C=O) groups excluding carboxylic acids is 1. The van der Waals surface area contributed by atoms with Crippen LogP contribution in [-0.2, 0) is 6.42 Å². The van der Waals surface area contributed by atoms with Crippen LogP contribution in [0.1, 0.15) is 36.9 Å². The summed E-state index contributed by atoms with van der Waals surface area (Å²) in [4.78, 5) is 11.5. The molecule has 2 rings (SSSR count). The van der Waals surface area contributed by atoms with Crippen molar-refractivity contribution in [2.24, 2.45) is 0 Å². The van der Waals surface area contributed by atoms with Gasteiger partial charge in [0.15, 0.2) is 5.76 Å². The molecule has 0 radical (unpaired) electrons. The Morgan fingerprint density at radius 2 is 1.84 bits per heavy atom. The van der Waals surface area contributed by atoms with Crippen molar-refractivity contribution < 1.29 is 9.21 Å². The molecular formula is C15H20N2O2. The highest BCUT2D eigenvalue weighted by molar-refractivity contribution is 5.92. The molecule has 2 aromatic rings. The maximum Gasteiger partial charge on any atom is 0.305 e. The maximum atomic E-state index is 11.5. The summed E-state index contributed by atoms with van der Waals surface area (Å²) in [7, 11) is 0. The van der Waals surface area contributed by atoms with E-state index in [1.54, 1.807) is 12.1 Å². The van der Waals surface area contributed by atoms with Crippen molar-refractivity contribution in [3.05, 3.63) is 54.0 Å². The lowest BCUT2D eigenvalue weighted by atomic mass is 10.2. The zero-order chi connectivity index (χ0) is 14.1. The molecule has 0 fully saturated rings. The largest absolute Gasteiger partial charge is 0.459 e. The van der Waals surface area contributed by atoms with Crippen LogP contribution in [0, 0.1) is 0 Å². The number of anilines is 1. The summed E-state index contributed by atoms with van der Waals surface area (Å²) in [6.45, 7) is 6.10. The Morgan fingerprint density at radius 3 is 2.37 bits per heavy atom. The highest BCUT2D eigenvalue weighted by atomic mass is 16.3. The Morgan fingerprint density at radius 1 is 1.16 bits per heavy atom. The first kappa shape index (κ1) is 14.8. The summed E-state index contributed by atoms with van der Waals surface area (Å²) in [5.74, 6) is -0.0164. The molecule has 1 heterocycles. The number of furan rings is 1. The molecule has 0 saturated heterocycles. The van der Waals surface area contributed by atoms with Gasteiger partial charge in [-0.05, 0) is 36.2 Å². The first-order chi connectivity index (χ1) is 9.29. The summed E-state index contributed by atoms with van der Waals surface area (Å²) in [6, 6.07) is 11.1. The number of aryl methyl sites for hydroxylation is 1. The Balaban J connectivity index is 0.000000861. The quantitative estimate of drug-likeness (QED) is 0.825. The van der Waals surface area contributed by atoms with Gasteiger partial charge in [-0.1, -0.05) is 32.9 Å². The molecule has 0 atom stereocenters. The highest BCUT2D eigenvalue weighted by Crippen LogP contribution is 2.09. The third-order valence-corrected chi connectivity index (χ3v) is 2.43. The minimum absolute atomic E-state index is 0.280. The normalized spacial score (nSPS) is 9.21. The van der Waals surface area contributed by atoms with E-state index in [0.717, 1.165) is 12.1 Å². The van der Waals surface area contributed by atoms with Gasteiger partial charge in [0, 0.05) is 0 Å². The number of benzene rings is 1. The summed E-state index contributed by atoms with van der Waals surface area (Å²) >= 11 is 0. The molecule has 0 bridgehead atoms. The van der Waals surface area contributed by atoms with E-state index < -0.39 is 0 Å². The van der Waals surface area contributed by atoms with Crippen LogP contribution in [0.2, 0.25) is 0 Å². The third-order valence-electron chi connectivity index (χ3n) is 2.43. The van der Waals surface area contributed by atoms with Crippen LogP contribution in [0.5, 0.6) is 0 Å². The van der Waals surface area contributed by atoms with Gasteiger partial charge in [0.2, 0.25) is 0 Å². The van der Waals surface area contributed by atoms with E-state index in [4.69, 9.17) is 4.42 Å². The molecule has 2 N–H and O–H groups in total. The monoisotopic (exact) mass is 260 g/mol. The number of hydrogen-bond acceptors (Lipinski definition) is 3. The first-order valence-electron chi connectivity index (χ1n) is 6.48. The van der Waals surface area contributed by atoms with Gasteiger partial charge >= 0.3 is 5.91 Å². The number of hydrazine groups is 1. The summed E-state index contributed by atoms with van der Waals surface area (Å²) in [5, 5.41) is 0. The predicted octanol–water partition coefficient (Wildman–Crippen LogP) is 3.63. The fraction of sp³-hybridized carbons (Fsp3) is 0.267. The van der Waals surface area contributed by atoms with Crippen LogP contribution >= 0.6 is 0 Å². The molecule has 1 amide bonds. The van der Waals surface area contributed by atoms with Crippen molar-refractivity contribution in [3.8, 4) is 0 Å². The molecule has 1 aromatic heterocycles. The van der Waals surface area contributed by atoms with Gasteiger partial charge in [-0.3, -0.25) is 15.6 Å². The first-order valence-corrected chi connectivity index (χ1v) is 6.48. The predicted molar refractivity (Wildman–Crippen MR) is 77.0 cm³/mol. The number of nitrogens with one attached hydrogen (secondary N) is 2. The molecule has 0 saturated carbocycles. The smallest absolute Gasteiger partial charge is 0.305 e. The van der Waals surface area contributed by atoms with Gasteiger partial charge in [0.1, 0.15) is 0 Å². The molecule has 0 aliphatic carbocycles. The number of hydrogen-bond donors (Lipinski definition) is 2. The van der Waals surface area contributed by atoms with Crippen LogP contribution in [0.4, 0.5) is 5.69 Å². The molecule has 102 valence electrons. The van der Waals surface area contributed by atoms with E-state index >= 15 is 0 Å². The fourth-order valence-electron chi connectivity index (χ4n) is 1.42. The van der Waals surface area contributed by atoms with Gasteiger partial charge in [0.25, 0.3) is 0 Å². The van der Waals surface area contributed by atoms with Gasteiger partial charge < -0.3 is 4.42 Å². The summed E-state index contributed by atoms with van der Waals surface area (Å²) < 4.78 is 4.97. The van der Waals surface area contributed by atoms with E-state index in [-0.39, 0.29) is 11.7 Å².